The van der Waals surface area contributed by atoms with Gasteiger partial charge in [-0.3, -0.25) is 4.79 Å². The summed E-state index contributed by atoms with van der Waals surface area (Å²) in [6, 6.07) is 3.58. The average molecular weight is 235 g/mol. The first-order chi connectivity index (χ1) is 7.97. The number of carboxylic acid groups (broad SMARTS) is 1. The largest absolute Gasteiger partial charge is 0.481 e. The molecule has 0 amide bonds. The molecule has 5 nitrogen and oxygen atoms in total. The molecular weight excluding hydrogens is 218 g/mol. The monoisotopic (exact) mass is 235 g/mol. The Bertz CT molecular complexity index is 439. The number of pyridine rings is 1. The number of nitrogens with two attached hydrogens (primary N) is 1. The summed E-state index contributed by atoms with van der Waals surface area (Å²) in [5, 5.41) is 9.46. The molecule has 0 atom stereocenters. The lowest BCUT2D eigenvalue weighted by molar-refractivity contribution is -0.148. The molecule has 1 aromatic heterocycles. The fraction of sp³-hybridized carbons (Fsp3) is 0.500. The minimum atomic E-state index is -0.854. The maximum absolute atomic E-state index is 11.5. The van der Waals surface area contributed by atoms with Crippen molar-refractivity contribution in [3.8, 4) is 0 Å². The van der Waals surface area contributed by atoms with Crippen LogP contribution in [0.3, 0.4) is 0 Å². The predicted octanol–water partition coefficient (Wildman–Crippen LogP) is 0.591. The number of aliphatic carboxylic acids is 1. The number of carboxylic acids is 1. The fourth-order valence-corrected chi connectivity index (χ4v) is 2.47. The van der Waals surface area contributed by atoms with Crippen molar-refractivity contribution >= 4 is 11.8 Å². The molecule has 3 N–H and O–H groups in total. The highest BCUT2D eigenvalue weighted by atomic mass is 16.4. The summed E-state index contributed by atoms with van der Waals surface area (Å²) in [4.78, 5) is 17.6. The summed E-state index contributed by atoms with van der Waals surface area (Å²) < 4.78 is 0. The summed E-state index contributed by atoms with van der Waals surface area (Å²) in [5.74, 6) is -0.0999. The van der Waals surface area contributed by atoms with Gasteiger partial charge in [0.05, 0.1) is 5.41 Å². The molecule has 1 aliphatic rings. The minimum absolute atomic E-state index is 0.0266. The lowest BCUT2D eigenvalue weighted by atomic mass is 9.62. The Hall–Kier alpha value is -1.62. The second-order valence-electron chi connectivity index (χ2n) is 4.82. The van der Waals surface area contributed by atoms with Crippen molar-refractivity contribution in [2.24, 2.45) is 5.73 Å². The first kappa shape index (κ1) is 11.9. The van der Waals surface area contributed by atoms with E-state index in [0.29, 0.717) is 18.7 Å². The van der Waals surface area contributed by atoms with E-state index in [-0.39, 0.29) is 6.04 Å². The summed E-state index contributed by atoms with van der Waals surface area (Å²) in [5.41, 5.74) is 5.67. The van der Waals surface area contributed by atoms with Gasteiger partial charge in [-0.2, -0.15) is 0 Å². The van der Waals surface area contributed by atoms with Gasteiger partial charge in [0, 0.05) is 31.9 Å². The van der Waals surface area contributed by atoms with Crippen molar-refractivity contribution in [3.05, 3.63) is 23.9 Å². The number of aromatic nitrogens is 1. The molecule has 0 saturated heterocycles. The van der Waals surface area contributed by atoms with E-state index >= 15 is 0 Å². The third-order valence-electron chi connectivity index (χ3n) is 3.36. The Morgan fingerprint density at radius 1 is 1.59 bits per heavy atom. The van der Waals surface area contributed by atoms with Crippen LogP contribution in [0.15, 0.2) is 18.3 Å². The zero-order valence-corrected chi connectivity index (χ0v) is 10.1. The number of hydrogen-bond donors (Lipinski definition) is 2. The van der Waals surface area contributed by atoms with Crippen LogP contribution in [0.5, 0.6) is 0 Å². The molecular formula is C12H17N3O2. The molecule has 1 saturated carbocycles. The van der Waals surface area contributed by atoms with E-state index in [2.05, 4.69) is 4.98 Å². The van der Waals surface area contributed by atoms with E-state index < -0.39 is 11.4 Å². The van der Waals surface area contributed by atoms with Crippen LogP contribution in [0.25, 0.3) is 0 Å². The SMILES string of the molecule is CN(C)c1ncccc1C1(C(=O)O)CC(N)C1. The molecule has 92 valence electrons. The van der Waals surface area contributed by atoms with Crippen molar-refractivity contribution in [3.63, 3.8) is 0 Å². The van der Waals surface area contributed by atoms with Crippen molar-refractivity contribution in [1.29, 1.82) is 0 Å². The van der Waals surface area contributed by atoms with E-state index in [1.165, 1.54) is 0 Å². The van der Waals surface area contributed by atoms with Gasteiger partial charge in [0.1, 0.15) is 5.82 Å². The highest BCUT2D eigenvalue weighted by Gasteiger charge is 2.52. The number of rotatable bonds is 3. The normalized spacial score (nSPS) is 27.4. The van der Waals surface area contributed by atoms with Crippen LogP contribution in [0.2, 0.25) is 0 Å². The van der Waals surface area contributed by atoms with E-state index in [9.17, 15) is 9.90 Å². The van der Waals surface area contributed by atoms with Crippen molar-refractivity contribution in [1.82, 2.24) is 4.98 Å². The predicted molar refractivity (Wildman–Crippen MR) is 65.1 cm³/mol. The van der Waals surface area contributed by atoms with Crippen molar-refractivity contribution in [2.45, 2.75) is 24.3 Å². The molecule has 1 aliphatic carbocycles. The van der Waals surface area contributed by atoms with Gasteiger partial charge in [0.25, 0.3) is 0 Å². The zero-order valence-electron chi connectivity index (χ0n) is 10.1. The van der Waals surface area contributed by atoms with Gasteiger partial charge >= 0.3 is 5.97 Å². The molecule has 1 aromatic rings. The Morgan fingerprint density at radius 2 is 2.24 bits per heavy atom. The number of nitrogens with zero attached hydrogens (tertiary/aromatic N) is 2. The Balaban J connectivity index is 2.48. The van der Waals surface area contributed by atoms with Gasteiger partial charge in [-0.05, 0) is 18.9 Å². The Morgan fingerprint density at radius 3 is 2.71 bits per heavy atom. The number of carbonyl (C=O) groups is 1. The van der Waals surface area contributed by atoms with Crippen molar-refractivity contribution in [2.75, 3.05) is 19.0 Å². The molecule has 2 rings (SSSR count). The molecule has 17 heavy (non-hydrogen) atoms. The van der Waals surface area contributed by atoms with E-state index in [1.807, 2.05) is 25.1 Å². The highest BCUT2D eigenvalue weighted by Crippen LogP contribution is 2.45. The maximum atomic E-state index is 11.5. The second kappa shape index (κ2) is 4.00. The van der Waals surface area contributed by atoms with E-state index in [0.717, 1.165) is 5.56 Å². The fourth-order valence-electron chi connectivity index (χ4n) is 2.47. The van der Waals surface area contributed by atoms with Crippen LogP contribution < -0.4 is 10.6 Å². The van der Waals surface area contributed by atoms with Gasteiger partial charge in [0.2, 0.25) is 0 Å². The molecule has 0 aliphatic heterocycles. The maximum Gasteiger partial charge on any atom is 0.314 e. The van der Waals surface area contributed by atoms with Crippen LogP contribution in [0.4, 0.5) is 5.82 Å². The van der Waals surface area contributed by atoms with Crippen LogP contribution in [-0.4, -0.2) is 36.2 Å². The van der Waals surface area contributed by atoms with Gasteiger partial charge in [0.15, 0.2) is 0 Å². The van der Waals surface area contributed by atoms with Crippen LogP contribution in [0, 0.1) is 0 Å². The Kier molecular flexibility index (Phi) is 2.79. The zero-order chi connectivity index (χ0) is 12.6. The summed E-state index contributed by atoms with van der Waals surface area (Å²) >= 11 is 0. The summed E-state index contributed by atoms with van der Waals surface area (Å²) in [6.45, 7) is 0. The molecule has 0 spiro atoms. The topological polar surface area (TPSA) is 79.5 Å². The lowest BCUT2D eigenvalue weighted by Gasteiger charge is -2.43. The number of anilines is 1. The van der Waals surface area contributed by atoms with Crippen molar-refractivity contribution < 1.29 is 9.90 Å². The molecule has 1 heterocycles. The smallest absolute Gasteiger partial charge is 0.314 e. The Labute approximate surface area is 100 Å². The third-order valence-corrected chi connectivity index (χ3v) is 3.36. The van der Waals surface area contributed by atoms with Crippen LogP contribution in [0.1, 0.15) is 18.4 Å². The standard InChI is InChI=1S/C12H17N3O2/c1-15(2)10-9(4-3-5-14-10)12(11(16)17)6-8(13)7-12/h3-5,8H,6-7,13H2,1-2H3,(H,16,17). The van der Waals surface area contributed by atoms with Gasteiger partial charge in [-0.15, -0.1) is 0 Å². The average Bonchev–Trinajstić information content (AvgIpc) is 2.24. The molecule has 1 fully saturated rings. The first-order valence-electron chi connectivity index (χ1n) is 5.59. The lowest BCUT2D eigenvalue weighted by Crippen LogP contribution is -2.54. The minimum Gasteiger partial charge on any atom is -0.481 e. The molecule has 0 bridgehead atoms. The summed E-state index contributed by atoms with van der Waals surface area (Å²) in [7, 11) is 3.72. The molecule has 0 aromatic carbocycles. The third kappa shape index (κ3) is 1.76. The van der Waals surface area contributed by atoms with Gasteiger partial charge in [-0.1, -0.05) is 6.07 Å². The molecule has 5 heteroatoms. The highest BCUT2D eigenvalue weighted by molar-refractivity contribution is 5.85. The molecule has 0 radical (unpaired) electrons. The molecule has 0 unspecified atom stereocenters. The quantitative estimate of drug-likeness (QED) is 0.801. The second-order valence-corrected chi connectivity index (χ2v) is 4.82. The van der Waals surface area contributed by atoms with Crippen LogP contribution in [-0.2, 0) is 10.2 Å². The van der Waals surface area contributed by atoms with Crippen LogP contribution >= 0.6 is 0 Å². The van der Waals surface area contributed by atoms with E-state index in [1.54, 1.807) is 12.3 Å². The van der Waals surface area contributed by atoms with E-state index in [4.69, 9.17) is 5.73 Å². The number of hydrogen-bond acceptors (Lipinski definition) is 4. The van der Waals surface area contributed by atoms with Gasteiger partial charge < -0.3 is 15.7 Å². The first-order valence-corrected chi connectivity index (χ1v) is 5.59. The summed E-state index contributed by atoms with van der Waals surface area (Å²) in [6.07, 6.45) is 2.64. The van der Waals surface area contributed by atoms with Gasteiger partial charge in [-0.25, -0.2) is 4.98 Å².